The number of carbonyl (C=O) groups excluding carboxylic acids is 2. The minimum Gasteiger partial charge on any atom is -0.503 e. The summed E-state index contributed by atoms with van der Waals surface area (Å²) in [5.41, 5.74) is 0.175. The molecule has 0 aromatic heterocycles. The summed E-state index contributed by atoms with van der Waals surface area (Å²) >= 11 is 0. The highest BCUT2D eigenvalue weighted by molar-refractivity contribution is 6.10. The molecule has 6 heteroatoms. The first-order chi connectivity index (χ1) is 12.7. The van der Waals surface area contributed by atoms with Gasteiger partial charge in [0.25, 0.3) is 5.91 Å². The average Bonchev–Trinajstić information content (AvgIpc) is 2.88. The Morgan fingerprint density at radius 3 is 2.33 bits per heavy atom. The Bertz CT molecular complexity index is 715. The van der Waals surface area contributed by atoms with Crippen molar-refractivity contribution in [2.45, 2.75) is 40.2 Å². The van der Waals surface area contributed by atoms with Crippen LogP contribution in [0.1, 0.15) is 45.7 Å². The van der Waals surface area contributed by atoms with E-state index < -0.39 is 23.1 Å². The maximum absolute atomic E-state index is 13.0. The molecule has 1 aliphatic heterocycles. The van der Waals surface area contributed by atoms with E-state index in [4.69, 9.17) is 9.47 Å². The summed E-state index contributed by atoms with van der Waals surface area (Å²) in [6, 6.07) is 6.66. The first-order valence-electron chi connectivity index (χ1n) is 9.23. The molecule has 148 valence electrons. The van der Waals surface area contributed by atoms with Crippen molar-refractivity contribution >= 4 is 11.7 Å². The summed E-state index contributed by atoms with van der Waals surface area (Å²) in [6.45, 7) is 8.56. The number of aliphatic hydroxyl groups is 1. The van der Waals surface area contributed by atoms with Gasteiger partial charge in [0.15, 0.2) is 11.5 Å². The molecule has 2 rings (SSSR count). The van der Waals surface area contributed by atoms with Gasteiger partial charge in [0.1, 0.15) is 5.75 Å². The molecular weight excluding hydrogens is 346 g/mol. The fourth-order valence-corrected chi connectivity index (χ4v) is 3.02. The lowest BCUT2D eigenvalue weighted by molar-refractivity contribution is -0.130. The van der Waals surface area contributed by atoms with Gasteiger partial charge < -0.3 is 19.5 Å². The number of methoxy groups -OCH3 is 1. The van der Waals surface area contributed by atoms with Crippen molar-refractivity contribution in [1.29, 1.82) is 0 Å². The van der Waals surface area contributed by atoms with Gasteiger partial charge in [-0.25, -0.2) is 0 Å². The Morgan fingerprint density at radius 2 is 1.81 bits per heavy atom. The number of benzene rings is 1. The first kappa shape index (κ1) is 21.0. The van der Waals surface area contributed by atoms with Crippen molar-refractivity contribution < 1.29 is 24.2 Å². The summed E-state index contributed by atoms with van der Waals surface area (Å²) in [5, 5.41) is 10.5. The highest BCUT2D eigenvalue weighted by atomic mass is 16.5. The molecule has 0 spiro atoms. The molecule has 1 aromatic carbocycles. The molecule has 1 heterocycles. The van der Waals surface area contributed by atoms with Crippen molar-refractivity contribution in [3.8, 4) is 5.75 Å². The zero-order chi connectivity index (χ0) is 20.2. The summed E-state index contributed by atoms with van der Waals surface area (Å²) in [4.78, 5) is 27.1. The molecule has 1 atom stereocenters. The molecular formula is C21H29NO5. The SMILES string of the molecule is CCCOc1ccc(C2C(C(=O)C(C)(C)C)=C(O)C(=O)N2CCOC)cc1. The zero-order valence-corrected chi connectivity index (χ0v) is 16.7. The van der Waals surface area contributed by atoms with Crippen LogP contribution in [0.3, 0.4) is 0 Å². The molecule has 27 heavy (non-hydrogen) atoms. The van der Waals surface area contributed by atoms with E-state index in [0.29, 0.717) is 13.2 Å². The molecule has 1 N–H and O–H groups in total. The smallest absolute Gasteiger partial charge is 0.290 e. The van der Waals surface area contributed by atoms with Crippen LogP contribution >= 0.6 is 0 Å². The lowest BCUT2D eigenvalue weighted by Gasteiger charge is -2.28. The molecule has 0 saturated heterocycles. The van der Waals surface area contributed by atoms with Crippen molar-refractivity contribution in [2.24, 2.45) is 5.41 Å². The molecule has 0 radical (unpaired) electrons. The highest BCUT2D eigenvalue weighted by Gasteiger charge is 2.45. The van der Waals surface area contributed by atoms with Crippen molar-refractivity contribution in [3.05, 3.63) is 41.2 Å². The Balaban J connectivity index is 2.44. The van der Waals surface area contributed by atoms with E-state index in [-0.39, 0.29) is 17.9 Å². The Hall–Kier alpha value is -2.34. The molecule has 0 saturated carbocycles. The second-order valence-electron chi connectivity index (χ2n) is 7.65. The second-order valence-corrected chi connectivity index (χ2v) is 7.65. The van der Waals surface area contributed by atoms with Crippen LogP contribution in [0, 0.1) is 5.41 Å². The van der Waals surface area contributed by atoms with Crippen LogP contribution < -0.4 is 4.74 Å². The monoisotopic (exact) mass is 375 g/mol. The molecule has 0 bridgehead atoms. The van der Waals surface area contributed by atoms with Gasteiger partial charge in [-0.2, -0.15) is 0 Å². The molecule has 0 aliphatic carbocycles. The number of amides is 1. The van der Waals surface area contributed by atoms with E-state index in [9.17, 15) is 14.7 Å². The van der Waals surface area contributed by atoms with E-state index in [1.165, 1.54) is 4.90 Å². The van der Waals surface area contributed by atoms with Crippen LogP contribution in [-0.4, -0.2) is 48.6 Å². The number of hydrogen-bond acceptors (Lipinski definition) is 5. The van der Waals surface area contributed by atoms with E-state index in [1.54, 1.807) is 27.9 Å². The van der Waals surface area contributed by atoms with E-state index in [0.717, 1.165) is 17.7 Å². The van der Waals surface area contributed by atoms with Crippen LogP contribution in [0.25, 0.3) is 0 Å². The van der Waals surface area contributed by atoms with E-state index in [1.807, 2.05) is 31.2 Å². The molecule has 0 fully saturated rings. The Morgan fingerprint density at radius 1 is 1.19 bits per heavy atom. The minimum absolute atomic E-state index is 0.144. The Kier molecular flexibility index (Phi) is 6.65. The quantitative estimate of drug-likeness (QED) is 0.753. The summed E-state index contributed by atoms with van der Waals surface area (Å²) in [6.07, 6.45) is 0.907. The number of carbonyl (C=O) groups is 2. The summed E-state index contributed by atoms with van der Waals surface area (Å²) < 4.78 is 10.7. The maximum Gasteiger partial charge on any atom is 0.290 e. The molecule has 6 nitrogen and oxygen atoms in total. The number of rotatable bonds is 8. The minimum atomic E-state index is -0.719. The normalized spacial score (nSPS) is 17.6. The number of aliphatic hydroxyl groups excluding tert-OH is 1. The molecule has 1 aromatic rings. The van der Waals surface area contributed by atoms with Crippen LogP contribution in [0.5, 0.6) is 5.75 Å². The number of Topliss-reactive ketones (excluding diaryl/α,β-unsaturated/α-hetero) is 1. The molecule has 1 amide bonds. The standard InChI is InChI=1S/C21H29NO5/c1-6-12-27-15-9-7-14(8-10-15)17-16(19(24)21(2,3)4)18(23)20(25)22(17)11-13-26-5/h7-10,17,23H,6,11-13H2,1-5H3. The molecule has 1 aliphatic rings. The van der Waals surface area contributed by atoms with Gasteiger partial charge in [0.2, 0.25) is 0 Å². The predicted octanol–water partition coefficient (Wildman–Crippen LogP) is 3.43. The van der Waals surface area contributed by atoms with Gasteiger partial charge in [-0.05, 0) is 24.1 Å². The van der Waals surface area contributed by atoms with Gasteiger partial charge in [-0.15, -0.1) is 0 Å². The predicted molar refractivity (Wildman–Crippen MR) is 103 cm³/mol. The fraction of sp³-hybridized carbons (Fsp3) is 0.524. The molecule has 1 unspecified atom stereocenters. The second kappa shape index (κ2) is 8.57. The number of nitrogens with zero attached hydrogens (tertiary/aromatic N) is 1. The van der Waals surface area contributed by atoms with Crippen LogP contribution in [0.4, 0.5) is 0 Å². The topological polar surface area (TPSA) is 76.1 Å². The van der Waals surface area contributed by atoms with Crippen molar-refractivity contribution in [1.82, 2.24) is 4.90 Å². The largest absolute Gasteiger partial charge is 0.503 e. The van der Waals surface area contributed by atoms with Gasteiger partial charge >= 0.3 is 0 Å². The maximum atomic E-state index is 13.0. The van der Waals surface area contributed by atoms with E-state index in [2.05, 4.69) is 0 Å². The zero-order valence-electron chi connectivity index (χ0n) is 16.7. The van der Waals surface area contributed by atoms with Crippen molar-refractivity contribution in [3.63, 3.8) is 0 Å². The van der Waals surface area contributed by atoms with Gasteiger partial charge in [0, 0.05) is 19.1 Å². The third-order valence-electron chi connectivity index (χ3n) is 4.43. The number of ketones is 1. The number of ether oxygens (including phenoxy) is 2. The lowest BCUT2D eigenvalue weighted by Crippen LogP contribution is -2.35. The van der Waals surface area contributed by atoms with Crippen molar-refractivity contribution in [2.75, 3.05) is 26.9 Å². The van der Waals surface area contributed by atoms with Gasteiger partial charge in [-0.1, -0.05) is 39.8 Å². The number of hydrogen-bond donors (Lipinski definition) is 1. The summed E-state index contributed by atoms with van der Waals surface area (Å²) in [5.74, 6) is -0.534. The average molecular weight is 375 g/mol. The Labute approximate surface area is 160 Å². The fourth-order valence-electron chi connectivity index (χ4n) is 3.02. The third-order valence-corrected chi connectivity index (χ3v) is 4.43. The highest BCUT2D eigenvalue weighted by Crippen LogP contribution is 2.41. The third kappa shape index (κ3) is 4.50. The van der Waals surface area contributed by atoms with Crippen LogP contribution in [0.2, 0.25) is 0 Å². The van der Waals surface area contributed by atoms with Crippen LogP contribution in [0.15, 0.2) is 35.6 Å². The first-order valence-corrected chi connectivity index (χ1v) is 9.23. The van der Waals surface area contributed by atoms with Crippen LogP contribution in [-0.2, 0) is 14.3 Å². The van der Waals surface area contributed by atoms with Gasteiger partial charge in [0.05, 0.1) is 24.8 Å². The van der Waals surface area contributed by atoms with Gasteiger partial charge in [-0.3, -0.25) is 9.59 Å². The lowest BCUT2D eigenvalue weighted by atomic mass is 9.82. The summed E-state index contributed by atoms with van der Waals surface area (Å²) in [7, 11) is 1.55. The van der Waals surface area contributed by atoms with E-state index >= 15 is 0 Å².